The first-order valence-corrected chi connectivity index (χ1v) is 13.3. The highest BCUT2D eigenvalue weighted by Gasteiger charge is 2.35. The molecule has 0 saturated carbocycles. The van der Waals surface area contributed by atoms with Crippen LogP contribution < -0.4 is 19.5 Å². The van der Waals surface area contributed by atoms with Crippen LogP contribution in [0, 0.1) is 0 Å². The molecule has 5 aromatic rings. The number of aromatic nitrogens is 4. The zero-order valence-corrected chi connectivity index (χ0v) is 23.6. The summed E-state index contributed by atoms with van der Waals surface area (Å²) in [6.07, 6.45) is -1.85. The third kappa shape index (κ3) is 6.69. The number of pyridine rings is 2. The minimum Gasteiger partial charge on any atom is -0.497 e. The highest BCUT2D eigenvalue weighted by atomic mass is 19.4. The monoisotopic (exact) mass is 591 g/mol. The molecule has 5 rings (SSSR count). The summed E-state index contributed by atoms with van der Waals surface area (Å²) in [5.74, 6) is 0.205. The molecule has 0 aliphatic rings. The van der Waals surface area contributed by atoms with Crippen LogP contribution in [0.2, 0.25) is 0 Å². The molecule has 0 bridgehead atoms. The number of rotatable bonds is 10. The summed E-state index contributed by atoms with van der Waals surface area (Å²) >= 11 is 0. The van der Waals surface area contributed by atoms with E-state index in [1.807, 2.05) is 49.4 Å². The van der Waals surface area contributed by atoms with Gasteiger partial charge in [-0.2, -0.15) is 13.2 Å². The van der Waals surface area contributed by atoms with Gasteiger partial charge in [0.2, 0.25) is 17.7 Å². The first-order valence-electron chi connectivity index (χ1n) is 13.3. The van der Waals surface area contributed by atoms with E-state index >= 15 is 0 Å². The van der Waals surface area contributed by atoms with Gasteiger partial charge in [0.25, 0.3) is 0 Å². The standard InChI is InChI=1S/C31H28F3N5O4/c1-4-43-29-25-14-22(16-35-28(25)39(38-29)18-20-7-11-24(41-2)12-8-20)21-9-5-19(6-10-21)13-27(40)37-23-15-26(31(32,33)34)30(42-3)36-17-23/h5-12,14-17H,4,13,18H2,1-3H3,(H,37,40). The smallest absolute Gasteiger partial charge is 0.421 e. The van der Waals surface area contributed by atoms with Crippen molar-refractivity contribution in [3.8, 4) is 28.6 Å². The average molecular weight is 592 g/mol. The lowest BCUT2D eigenvalue weighted by molar-refractivity contribution is -0.139. The van der Waals surface area contributed by atoms with Gasteiger partial charge in [0.15, 0.2) is 5.65 Å². The maximum Gasteiger partial charge on any atom is 0.421 e. The fourth-order valence-electron chi connectivity index (χ4n) is 4.54. The van der Waals surface area contributed by atoms with E-state index in [1.165, 1.54) is 0 Å². The number of amides is 1. The largest absolute Gasteiger partial charge is 0.497 e. The third-order valence-electron chi connectivity index (χ3n) is 6.61. The number of carbonyl (C=O) groups excluding carboxylic acids is 1. The van der Waals surface area contributed by atoms with Crippen LogP contribution in [0.4, 0.5) is 18.9 Å². The Balaban J connectivity index is 1.31. The van der Waals surface area contributed by atoms with E-state index in [4.69, 9.17) is 9.47 Å². The number of fused-ring (bicyclic) bond motifs is 1. The molecular weight excluding hydrogens is 563 g/mol. The number of halogens is 3. The van der Waals surface area contributed by atoms with Gasteiger partial charge < -0.3 is 19.5 Å². The van der Waals surface area contributed by atoms with Crippen molar-refractivity contribution in [3.63, 3.8) is 0 Å². The zero-order valence-electron chi connectivity index (χ0n) is 23.6. The van der Waals surface area contributed by atoms with Crippen LogP contribution in [0.3, 0.4) is 0 Å². The molecule has 9 nitrogen and oxygen atoms in total. The molecular formula is C31H28F3N5O4. The number of hydrogen-bond donors (Lipinski definition) is 1. The molecule has 0 radical (unpaired) electrons. The van der Waals surface area contributed by atoms with Gasteiger partial charge in [-0.15, -0.1) is 5.10 Å². The second kappa shape index (κ2) is 12.4. The van der Waals surface area contributed by atoms with E-state index in [0.717, 1.165) is 47.2 Å². The summed E-state index contributed by atoms with van der Waals surface area (Å²) in [6.45, 7) is 2.83. The van der Waals surface area contributed by atoms with Gasteiger partial charge in [-0.1, -0.05) is 36.4 Å². The van der Waals surface area contributed by atoms with E-state index < -0.39 is 23.5 Å². The SMILES string of the molecule is CCOc1nn(Cc2ccc(OC)cc2)c2ncc(-c3ccc(CC(=O)Nc4cnc(OC)c(C(F)(F)F)c4)cc3)cc12. The number of hydrogen-bond acceptors (Lipinski definition) is 7. The molecule has 12 heteroatoms. The van der Waals surface area contributed by atoms with Gasteiger partial charge in [-0.05, 0) is 47.9 Å². The van der Waals surface area contributed by atoms with Crippen molar-refractivity contribution in [3.05, 3.63) is 89.7 Å². The fourth-order valence-corrected chi connectivity index (χ4v) is 4.54. The highest BCUT2D eigenvalue weighted by Crippen LogP contribution is 2.36. The predicted octanol–water partition coefficient (Wildman–Crippen LogP) is 6.16. The van der Waals surface area contributed by atoms with E-state index in [9.17, 15) is 18.0 Å². The van der Waals surface area contributed by atoms with Crippen LogP contribution in [0.5, 0.6) is 17.5 Å². The van der Waals surface area contributed by atoms with Crippen LogP contribution in [-0.2, 0) is 23.9 Å². The molecule has 0 atom stereocenters. The van der Waals surface area contributed by atoms with Crippen molar-refractivity contribution in [2.75, 3.05) is 26.1 Å². The van der Waals surface area contributed by atoms with Crippen molar-refractivity contribution in [1.82, 2.24) is 19.7 Å². The summed E-state index contributed by atoms with van der Waals surface area (Å²) < 4.78 is 57.4. The minimum atomic E-state index is -4.68. The van der Waals surface area contributed by atoms with Crippen molar-refractivity contribution >= 4 is 22.6 Å². The predicted molar refractivity (Wildman–Crippen MR) is 154 cm³/mol. The third-order valence-corrected chi connectivity index (χ3v) is 6.61. The van der Waals surface area contributed by atoms with Crippen molar-refractivity contribution in [1.29, 1.82) is 0 Å². The van der Waals surface area contributed by atoms with Crippen molar-refractivity contribution in [2.24, 2.45) is 0 Å². The molecule has 0 saturated heterocycles. The number of nitrogens with zero attached hydrogens (tertiary/aromatic N) is 4. The van der Waals surface area contributed by atoms with Crippen LogP contribution >= 0.6 is 0 Å². The average Bonchev–Trinajstić information content (AvgIpc) is 3.33. The quantitative estimate of drug-likeness (QED) is 0.208. The molecule has 43 heavy (non-hydrogen) atoms. The number of anilines is 1. The summed E-state index contributed by atoms with van der Waals surface area (Å²) in [5, 5.41) is 7.88. The second-order valence-electron chi connectivity index (χ2n) is 9.54. The molecule has 1 N–H and O–H groups in total. The number of ether oxygens (including phenoxy) is 3. The zero-order chi connectivity index (χ0) is 30.6. The Labute approximate surface area is 245 Å². The highest BCUT2D eigenvalue weighted by molar-refractivity contribution is 5.92. The molecule has 3 heterocycles. The first-order chi connectivity index (χ1) is 20.7. The fraction of sp³-hybridized carbons (Fsp3) is 0.226. The number of methoxy groups -OCH3 is 2. The number of nitrogens with one attached hydrogen (secondary N) is 1. The Hall–Kier alpha value is -5.13. The van der Waals surface area contributed by atoms with Crippen LogP contribution in [0.1, 0.15) is 23.6 Å². The van der Waals surface area contributed by atoms with E-state index in [1.54, 1.807) is 30.1 Å². The summed E-state index contributed by atoms with van der Waals surface area (Å²) in [7, 11) is 2.72. The van der Waals surface area contributed by atoms with E-state index in [2.05, 4.69) is 25.1 Å². The Morgan fingerprint density at radius 1 is 0.884 bits per heavy atom. The topological polar surface area (TPSA) is 100 Å². The van der Waals surface area contributed by atoms with Crippen molar-refractivity contribution < 1.29 is 32.2 Å². The Morgan fingerprint density at radius 2 is 1.60 bits per heavy atom. The molecule has 2 aromatic carbocycles. The Kier molecular flexibility index (Phi) is 8.46. The maximum absolute atomic E-state index is 13.3. The van der Waals surface area contributed by atoms with Gasteiger partial charge in [0, 0.05) is 11.8 Å². The summed E-state index contributed by atoms with van der Waals surface area (Å²) in [5.41, 5.74) is 2.93. The number of alkyl halides is 3. The Morgan fingerprint density at radius 3 is 2.26 bits per heavy atom. The van der Waals surface area contributed by atoms with Gasteiger partial charge in [0.1, 0.15) is 11.3 Å². The first kappa shape index (κ1) is 29.4. The molecule has 3 aromatic heterocycles. The van der Waals surface area contributed by atoms with Gasteiger partial charge in [-0.3, -0.25) is 4.79 Å². The van der Waals surface area contributed by atoms with Crippen molar-refractivity contribution in [2.45, 2.75) is 26.1 Å². The van der Waals surface area contributed by atoms with Crippen LogP contribution in [-0.4, -0.2) is 46.5 Å². The van der Waals surface area contributed by atoms with Crippen LogP contribution in [0.25, 0.3) is 22.2 Å². The summed E-state index contributed by atoms with van der Waals surface area (Å²) in [4.78, 5) is 20.9. The lowest BCUT2D eigenvalue weighted by Gasteiger charge is -2.13. The van der Waals surface area contributed by atoms with E-state index in [-0.39, 0.29) is 12.1 Å². The maximum atomic E-state index is 13.3. The molecule has 222 valence electrons. The van der Waals surface area contributed by atoms with Gasteiger partial charge in [-0.25, -0.2) is 14.6 Å². The molecule has 0 aliphatic heterocycles. The minimum absolute atomic E-state index is 0.0441. The van der Waals surface area contributed by atoms with E-state index in [0.29, 0.717) is 30.2 Å². The van der Waals surface area contributed by atoms with Crippen LogP contribution in [0.15, 0.2) is 73.1 Å². The normalized spacial score (nSPS) is 11.4. The molecule has 0 fully saturated rings. The summed E-state index contributed by atoms with van der Waals surface area (Å²) in [6, 6.07) is 17.7. The molecule has 0 aliphatic carbocycles. The lowest BCUT2D eigenvalue weighted by atomic mass is 10.0. The number of benzene rings is 2. The molecule has 1 amide bonds. The molecule has 0 unspecified atom stereocenters. The second-order valence-corrected chi connectivity index (χ2v) is 9.54. The Bertz CT molecular complexity index is 1740. The lowest BCUT2D eigenvalue weighted by Crippen LogP contribution is -2.16. The van der Waals surface area contributed by atoms with Gasteiger partial charge in [0.05, 0.1) is 51.1 Å². The van der Waals surface area contributed by atoms with Gasteiger partial charge >= 0.3 is 6.18 Å². The molecule has 0 spiro atoms. The number of carbonyl (C=O) groups is 1.